The molecule has 0 spiro atoms. The van der Waals surface area contributed by atoms with Gasteiger partial charge in [-0.05, 0) is 55.1 Å². The van der Waals surface area contributed by atoms with Crippen LogP contribution < -0.4 is 0 Å². The van der Waals surface area contributed by atoms with E-state index in [-0.39, 0.29) is 17.5 Å². The van der Waals surface area contributed by atoms with Gasteiger partial charge in [-0.15, -0.1) is 6.58 Å². The molecule has 5 aliphatic rings. The summed E-state index contributed by atoms with van der Waals surface area (Å²) in [6, 6.07) is 7.81. The van der Waals surface area contributed by atoms with Crippen LogP contribution in [0.4, 0.5) is 0 Å². The van der Waals surface area contributed by atoms with E-state index in [4.69, 9.17) is 4.74 Å². The Kier molecular flexibility index (Phi) is 2.68. The standard InChI is InChI=1S/C19H20N2O2/c1-2-19-11-21-8-6-12(19)9-17(21)18(23-19)14-5-7-20-16-4-3-13(22)10-15(14)16/h2-5,7,10,12,17-18,22H,1,6,8-9,11H2/t12?,17?,18-,19+/m0/s1. The quantitative estimate of drug-likeness (QED) is 0.866. The van der Waals surface area contributed by atoms with Gasteiger partial charge in [0, 0.05) is 24.2 Å². The van der Waals surface area contributed by atoms with Crippen molar-refractivity contribution in [1.82, 2.24) is 9.88 Å². The minimum atomic E-state index is -0.218. The van der Waals surface area contributed by atoms with Gasteiger partial charge in [-0.25, -0.2) is 0 Å². The van der Waals surface area contributed by atoms with Crippen molar-refractivity contribution in [3.05, 3.63) is 48.7 Å². The molecule has 0 aliphatic carbocycles. The fourth-order valence-electron chi connectivity index (χ4n) is 4.85. The van der Waals surface area contributed by atoms with E-state index < -0.39 is 0 Å². The normalized spacial score (nSPS) is 38.1. The lowest BCUT2D eigenvalue weighted by Crippen LogP contribution is -2.69. The molecule has 4 nitrogen and oxygen atoms in total. The number of morpholine rings is 1. The lowest BCUT2D eigenvalue weighted by atomic mass is 9.67. The Morgan fingerprint density at radius 1 is 1.39 bits per heavy atom. The summed E-state index contributed by atoms with van der Waals surface area (Å²) in [5.74, 6) is 0.862. The first kappa shape index (κ1) is 13.5. The van der Waals surface area contributed by atoms with Crippen LogP contribution >= 0.6 is 0 Å². The average Bonchev–Trinajstić information content (AvgIpc) is 2.61. The van der Waals surface area contributed by atoms with Crippen molar-refractivity contribution >= 4 is 10.9 Å². The Morgan fingerprint density at radius 3 is 3.09 bits per heavy atom. The first-order valence-corrected chi connectivity index (χ1v) is 8.33. The first-order chi connectivity index (χ1) is 11.2. The maximum Gasteiger partial charge on any atom is 0.116 e. The molecule has 5 fully saturated rings. The van der Waals surface area contributed by atoms with Gasteiger partial charge in [-0.3, -0.25) is 9.88 Å². The Hall–Kier alpha value is -1.91. The van der Waals surface area contributed by atoms with Crippen molar-refractivity contribution in [2.45, 2.75) is 30.6 Å². The summed E-state index contributed by atoms with van der Waals surface area (Å²) >= 11 is 0. The predicted octanol–water partition coefficient (Wildman–Crippen LogP) is 3.03. The van der Waals surface area contributed by atoms with Crippen molar-refractivity contribution in [2.75, 3.05) is 13.1 Å². The molecule has 5 aliphatic heterocycles. The van der Waals surface area contributed by atoms with E-state index >= 15 is 0 Å². The topological polar surface area (TPSA) is 45.6 Å². The molecule has 0 saturated carbocycles. The van der Waals surface area contributed by atoms with Gasteiger partial charge in [0.1, 0.15) is 11.4 Å². The largest absolute Gasteiger partial charge is 0.508 e. The molecule has 4 heteroatoms. The smallest absolute Gasteiger partial charge is 0.116 e. The van der Waals surface area contributed by atoms with Crippen LogP contribution in [0.3, 0.4) is 0 Å². The van der Waals surface area contributed by atoms with E-state index in [0.717, 1.165) is 29.6 Å². The van der Waals surface area contributed by atoms with Gasteiger partial charge in [0.05, 0.1) is 11.6 Å². The van der Waals surface area contributed by atoms with Gasteiger partial charge in [-0.2, -0.15) is 0 Å². The monoisotopic (exact) mass is 308 g/mol. The second-order valence-corrected chi connectivity index (χ2v) is 7.06. The number of benzene rings is 1. The number of piperidine rings is 3. The van der Waals surface area contributed by atoms with Crippen LogP contribution in [-0.4, -0.2) is 39.7 Å². The average molecular weight is 308 g/mol. The molecule has 0 amide bonds. The summed E-state index contributed by atoms with van der Waals surface area (Å²) < 4.78 is 6.62. The van der Waals surface area contributed by atoms with E-state index in [2.05, 4.69) is 16.5 Å². The fraction of sp³-hybridized carbons (Fsp3) is 0.421. The molecule has 1 aromatic carbocycles. The van der Waals surface area contributed by atoms with E-state index in [1.807, 2.05) is 24.4 Å². The molecular formula is C19H20N2O2. The Balaban J connectivity index is 1.66. The van der Waals surface area contributed by atoms with Crippen molar-refractivity contribution in [1.29, 1.82) is 0 Å². The molecule has 1 aromatic heterocycles. The van der Waals surface area contributed by atoms with Crippen LogP contribution in [-0.2, 0) is 4.74 Å². The molecule has 6 heterocycles. The van der Waals surface area contributed by atoms with Crippen LogP contribution in [0.25, 0.3) is 10.9 Å². The summed E-state index contributed by atoms with van der Waals surface area (Å²) in [7, 11) is 0. The van der Waals surface area contributed by atoms with E-state index in [0.29, 0.717) is 12.0 Å². The summed E-state index contributed by atoms with van der Waals surface area (Å²) in [5, 5.41) is 10.9. The van der Waals surface area contributed by atoms with Crippen molar-refractivity contribution < 1.29 is 9.84 Å². The SMILES string of the molecule is C=C[C@@]12CN3CCC1CC3[C@H](c1ccnc3ccc(O)cc13)O2. The number of fused-ring (bicyclic) bond motifs is 3. The highest BCUT2D eigenvalue weighted by Gasteiger charge is 2.58. The molecule has 5 saturated heterocycles. The highest BCUT2D eigenvalue weighted by Crippen LogP contribution is 2.54. The Labute approximate surface area is 135 Å². The molecule has 3 unspecified atom stereocenters. The lowest BCUT2D eigenvalue weighted by molar-refractivity contribution is -0.251. The minimum Gasteiger partial charge on any atom is -0.508 e. The number of pyridine rings is 1. The molecular weight excluding hydrogens is 288 g/mol. The third-order valence-electron chi connectivity index (χ3n) is 6.01. The van der Waals surface area contributed by atoms with Crippen LogP contribution in [0, 0.1) is 5.92 Å². The maximum atomic E-state index is 9.89. The maximum absolute atomic E-state index is 9.89. The number of nitrogens with zero attached hydrogens (tertiary/aromatic N) is 2. The van der Waals surface area contributed by atoms with E-state index in [9.17, 15) is 5.11 Å². The van der Waals surface area contributed by atoms with Gasteiger partial charge in [-0.1, -0.05) is 6.08 Å². The number of hydrogen-bond acceptors (Lipinski definition) is 4. The number of aromatic hydroxyl groups is 1. The minimum absolute atomic E-state index is 0.0191. The van der Waals surface area contributed by atoms with Crippen molar-refractivity contribution in [3.8, 4) is 5.75 Å². The van der Waals surface area contributed by atoms with Gasteiger partial charge in [0.25, 0.3) is 0 Å². The summed E-state index contributed by atoms with van der Waals surface area (Å²) in [4.78, 5) is 6.99. The van der Waals surface area contributed by atoms with E-state index in [1.165, 1.54) is 12.8 Å². The van der Waals surface area contributed by atoms with Crippen LogP contribution in [0.1, 0.15) is 24.5 Å². The third-order valence-corrected chi connectivity index (χ3v) is 6.01. The van der Waals surface area contributed by atoms with Crippen molar-refractivity contribution in [3.63, 3.8) is 0 Å². The zero-order chi connectivity index (χ0) is 15.6. The molecule has 2 aromatic rings. The third kappa shape index (κ3) is 1.76. The van der Waals surface area contributed by atoms with Gasteiger partial charge in [0.15, 0.2) is 0 Å². The summed E-state index contributed by atoms with van der Waals surface area (Å²) in [5.41, 5.74) is 1.81. The number of phenolic OH excluding ortho intramolecular Hbond substituents is 1. The van der Waals surface area contributed by atoms with Crippen molar-refractivity contribution in [2.24, 2.45) is 5.92 Å². The van der Waals surface area contributed by atoms with Crippen LogP contribution in [0.5, 0.6) is 5.75 Å². The highest BCUT2D eigenvalue weighted by atomic mass is 16.5. The number of hydrogen-bond donors (Lipinski definition) is 1. The van der Waals surface area contributed by atoms with Crippen LogP contribution in [0.15, 0.2) is 43.1 Å². The van der Waals surface area contributed by atoms with Gasteiger partial charge in [0.2, 0.25) is 0 Å². The number of phenols is 1. The fourth-order valence-corrected chi connectivity index (χ4v) is 4.85. The Morgan fingerprint density at radius 2 is 2.30 bits per heavy atom. The zero-order valence-electron chi connectivity index (χ0n) is 13.0. The second kappa shape index (κ2) is 4.56. The predicted molar refractivity (Wildman–Crippen MR) is 88.2 cm³/mol. The zero-order valence-corrected chi connectivity index (χ0v) is 13.0. The summed E-state index contributed by atoms with van der Waals surface area (Å²) in [6.07, 6.45) is 6.25. The van der Waals surface area contributed by atoms with Gasteiger partial charge >= 0.3 is 0 Å². The lowest BCUT2D eigenvalue weighted by Gasteiger charge is -2.63. The highest BCUT2D eigenvalue weighted by molar-refractivity contribution is 5.83. The van der Waals surface area contributed by atoms with Gasteiger partial charge < -0.3 is 9.84 Å². The number of aromatic nitrogens is 1. The first-order valence-electron chi connectivity index (χ1n) is 8.33. The van der Waals surface area contributed by atoms with Crippen LogP contribution in [0.2, 0.25) is 0 Å². The molecule has 1 N–H and O–H groups in total. The number of ether oxygens (including phenoxy) is 1. The molecule has 23 heavy (non-hydrogen) atoms. The molecule has 118 valence electrons. The summed E-state index contributed by atoms with van der Waals surface area (Å²) in [6.45, 7) is 6.19. The second-order valence-electron chi connectivity index (χ2n) is 7.06. The molecule has 0 radical (unpaired) electrons. The van der Waals surface area contributed by atoms with E-state index in [1.54, 1.807) is 12.1 Å². The Bertz CT molecular complexity index is 805. The number of rotatable bonds is 2. The molecule has 5 atom stereocenters. The molecule has 4 bridgehead atoms. The molecule has 7 rings (SSSR count).